The molecule has 0 radical (unpaired) electrons. The molecule has 2 fully saturated rings. The van der Waals surface area contributed by atoms with Crippen LogP contribution in [0, 0.1) is 5.92 Å². The zero-order valence-electron chi connectivity index (χ0n) is 10.5. The van der Waals surface area contributed by atoms with Crippen LogP contribution in [0.5, 0.6) is 0 Å². The number of nitrogens with one attached hydrogen (secondary N) is 2. The van der Waals surface area contributed by atoms with E-state index in [1.54, 1.807) is 0 Å². The first-order valence-corrected chi connectivity index (χ1v) is 9.85. The second-order valence-corrected chi connectivity index (χ2v) is 9.68. The minimum Gasteiger partial charge on any atom is -0.338 e. The van der Waals surface area contributed by atoms with Crippen molar-refractivity contribution in [2.75, 3.05) is 29.6 Å². The number of rotatable bonds is 3. The SMILES string of the molecule is O=C(NCC1CCS(=O)(=O)C1)NC1CCS(=O)(=O)C1. The molecule has 0 aromatic carbocycles. The van der Waals surface area contributed by atoms with Gasteiger partial charge in [0.2, 0.25) is 0 Å². The number of amides is 2. The van der Waals surface area contributed by atoms with Crippen molar-refractivity contribution in [3.8, 4) is 0 Å². The molecule has 2 unspecified atom stereocenters. The van der Waals surface area contributed by atoms with Crippen molar-refractivity contribution in [3.05, 3.63) is 0 Å². The van der Waals surface area contributed by atoms with Gasteiger partial charge in [0.05, 0.1) is 23.0 Å². The Kier molecular flexibility index (Phi) is 4.05. The molecular formula is C10H18N2O5S2. The molecule has 2 N–H and O–H groups in total. The van der Waals surface area contributed by atoms with E-state index in [0.717, 1.165) is 0 Å². The van der Waals surface area contributed by atoms with Crippen LogP contribution in [0.25, 0.3) is 0 Å². The average Bonchev–Trinajstić information content (AvgIpc) is 2.78. The van der Waals surface area contributed by atoms with Crippen molar-refractivity contribution >= 4 is 25.7 Å². The van der Waals surface area contributed by atoms with E-state index in [0.29, 0.717) is 19.4 Å². The first-order valence-electron chi connectivity index (χ1n) is 6.21. The third-order valence-corrected chi connectivity index (χ3v) is 7.05. The van der Waals surface area contributed by atoms with E-state index in [2.05, 4.69) is 10.6 Å². The number of urea groups is 1. The van der Waals surface area contributed by atoms with Crippen molar-refractivity contribution in [1.29, 1.82) is 0 Å². The highest BCUT2D eigenvalue weighted by atomic mass is 32.2. The lowest BCUT2D eigenvalue weighted by Crippen LogP contribution is -2.44. The summed E-state index contributed by atoms with van der Waals surface area (Å²) in [6.07, 6.45) is 1.01. The molecular weight excluding hydrogens is 292 g/mol. The fourth-order valence-electron chi connectivity index (χ4n) is 2.42. The lowest BCUT2D eigenvalue weighted by molar-refractivity contribution is 0.236. The molecule has 0 aromatic heterocycles. The monoisotopic (exact) mass is 310 g/mol. The molecule has 0 aromatic rings. The normalized spacial score (nSPS) is 32.0. The third-order valence-electron chi connectivity index (χ3n) is 3.45. The molecule has 2 amide bonds. The van der Waals surface area contributed by atoms with Gasteiger partial charge in [0.1, 0.15) is 0 Å². The van der Waals surface area contributed by atoms with E-state index in [1.165, 1.54) is 0 Å². The van der Waals surface area contributed by atoms with Crippen LogP contribution < -0.4 is 10.6 Å². The lowest BCUT2D eigenvalue weighted by atomic mass is 10.1. The minimum absolute atomic E-state index is 0.0156. The van der Waals surface area contributed by atoms with Crippen LogP contribution >= 0.6 is 0 Å². The molecule has 0 spiro atoms. The largest absolute Gasteiger partial charge is 0.338 e. The second kappa shape index (κ2) is 5.28. The molecule has 2 saturated heterocycles. The average molecular weight is 310 g/mol. The van der Waals surface area contributed by atoms with Gasteiger partial charge in [0.15, 0.2) is 19.7 Å². The van der Waals surface area contributed by atoms with Crippen LogP contribution in [0.4, 0.5) is 4.79 Å². The summed E-state index contributed by atoms with van der Waals surface area (Å²) in [4.78, 5) is 11.6. The van der Waals surface area contributed by atoms with E-state index in [-0.39, 0.29) is 35.0 Å². The quantitative estimate of drug-likeness (QED) is 0.688. The summed E-state index contributed by atoms with van der Waals surface area (Å²) in [5.41, 5.74) is 0. The Hall–Kier alpha value is -0.830. The molecule has 2 aliphatic rings. The Morgan fingerprint density at radius 1 is 1.00 bits per heavy atom. The van der Waals surface area contributed by atoms with Crippen LogP contribution in [0.2, 0.25) is 0 Å². The molecule has 2 rings (SSSR count). The fourth-order valence-corrected chi connectivity index (χ4v) is 5.95. The zero-order chi connectivity index (χ0) is 14.1. The predicted octanol–water partition coefficient (Wildman–Crippen LogP) is -1.09. The summed E-state index contributed by atoms with van der Waals surface area (Å²) in [7, 11) is -5.94. The smallest absolute Gasteiger partial charge is 0.315 e. The van der Waals surface area contributed by atoms with Crippen molar-refractivity contribution in [2.24, 2.45) is 5.92 Å². The van der Waals surface area contributed by atoms with E-state index < -0.39 is 25.7 Å². The van der Waals surface area contributed by atoms with Crippen molar-refractivity contribution in [2.45, 2.75) is 18.9 Å². The standard InChI is InChI=1S/C10H18N2O5S2/c13-10(12-9-2-4-19(16,17)7-9)11-5-8-1-3-18(14,15)6-8/h8-9H,1-7H2,(H2,11,12,13). The minimum atomic E-state index is -3.01. The van der Waals surface area contributed by atoms with E-state index >= 15 is 0 Å². The van der Waals surface area contributed by atoms with Gasteiger partial charge < -0.3 is 10.6 Å². The summed E-state index contributed by atoms with van der Waals surface area (Å²) in [5.74, 6) is 0.354. The highest BCUT2D eigenvalue weighted by Gasteiger charge is 2.30. The number of hydrogen-bond acceptors (Lipinski definition) is 5. The summed E-state index contributed by atoms with van der Waals surface area (Å²) in [6.45, 7) is 0.310. The lowest BCUT2D eigenvalue weighted by Gasteiger charge is -2.14. The summed E-state index contributed by atoms with van der Waals surface area (Å²) in [6, 6.07) is -0.760. The highest BCUT2D eigenvalue weighted by molar-refractivity contribution is 7.91. The van der Waals surface area contributed by atoms with Gasteiger partial charge in [-0.15, -0.1) is 0 Å². The van der Waals surface area contributed by atoms with Gasteiger partial charge in [0, 0.05) is 12.6 Å². The number of sulfone groups is 2. The highest BCUT2D eigenvalue weighted by Crippen LogP contribution is 2.17. The zero-order valence-corrected chi connectivity index (χ0v) is 12.1. The molecule has 0 saturated carbocycles. The van der Waals surface area contributed by atoms with Crippen LogP contribution in [0.3, 0.4) is 0 Å². The van der Waals surface area contributed by atoms with Crippen molar-refractivity contribution in [1.82, 2.24) is 10.6 Å². The summed E-state index contributed by atoms with van der Waals surface area (Å²) >= 11 is 0. The number of carbonyl (C=O) groups is 1. The van der Waals surface area contributed by atoms with E-state index in [4.69, 9.17) is 0 Å². The summed E-state index contributed by atoms with van der Waals surface area (Å²) < 4.78 is 44.9. The fraction of sp³-hybridized carbons (Fsp3) is 0.900. The number of carbonyl (C=O) groups excluding carboxylic acids is 1. The van der Waals surface area contributed by atoms with Gasteiger partial charge in [0.25, 0.3) is 0 Å². The Labute approximate surface area is 113 Å². The van der Waals surface area contributed by atoms with Gasteiger partial charge in [-0.1, -0.05) is 0 Å². The molecule has 2 aliphatic heterocycles. The molecule has 110 valence electrons. The molecule has 0 aliphatic carbocycles. The molecule has 2 heterocycles. The van der Waals surface area contributed by atoms with E-state index in [1.807, 2.05) is 0 Å². The number of hydrogen-bond donors (Lipinski definition) is 2. The molecule has 7 nitrogen and oxygen atoms in total. The van der Waals surface area contributed by atoms with Crippen LogP contribution in [0.15, 0.2) is 0 Å². The Bertz CT molecular complexity index is 554. The van der Waals surface area contributed by atoms with Gasteiger partial charge in [-0.2, -0.15) is 0 Å². The maximum absolute atomic E-state index is 11.6. The maximum Gasteiger partial charge on any atom is 0.315 e. The second-order valence-electron chi connectivity index (χ2n) is 5.22. The first-order chi connectivity index (χ1) is 8.76. The van der Waals surface area contributed by atoms with Gasteiger partial charge in [-0.3, -0.25) is 0 Å². The predicted molar refractivity (Wildman–Crippen MR) is 70.4 cm³/mol. The van der Waals surface area contributed by atoms with Crippen LogP contribution in [-0.2, 0) is 19.7 Å². The Balaban J connectivity index is 1.71. The van der Waals surface area contributed by atoms with Gasteiger partial charge >= 0.3 is 6.03 Å². The van der Waals surface area contributed by atoms with E-state index in [9.17, 15) is 21.6 Å². The summed E-state index contributed by atoms with van der Waals surface area (Å²) in [5, 5.41) is 5.21. The molecule has 19 heavy (non-hydrogen) atoms. The Morgan fingerprint density at radius 2 is 1.63 bits per heavy atom. The Morgan fingerprint density at radius 3 is 2.16 bits per heavy atom. The molecule has 2 atom stereocenters. The first kappa shape index (κ1) is 14.6. The van der Waals surface area contributed by atoms with Crippen LogP contribution in [0.1, 0.15) is 12.8 Å². The van der Waals surface area contributed by atoms with Gasteiger partial charge in [-0.05, 0) is 18.8 Å². The third kappa shape index (κ3) is 4.34. The maximum atomic E-state index is 11.6. The van der Waals surface area contributed by atoms with Crippen LogP contribution in [-0.4, -0.2) is 58.5 Å². The van der Waals surface area contributed by atoms with Gasteiger partial charge in [-0.25, -0.2) is 21.6 Å². The molecule has 0 bridgehead atoms. The molecule has 9 heteroatoms. The van der Waals surface area contributed by atoms with Crippen molar-refractivity contribution < 1.29 is 21.6 Å². The van der Waals surface area contributed by atoms with Crippen molar-refractivity contribution in [3.63, 3.8) is 0 Å². The topological polar surface area (TPSA) is 109 Å².